The van der Waals surface area contributed by atoms with Gasteiger partial charge in [-0.2, -0.15) is 0 Å². The Morgan fingerprint density at radius 3 is 2.89 bits per heavy atom. The number of thiophene rings is 1. The van der Waals surface area contributed by atoms with Crippen molar-refractivity contribution in [2.45, 2.75) is 38.8 Å². The minimum Gasteiger partial charge on any atom is -0.341 e. The minimum atomic E-state index is -0.255. The average Bonchev–Trinajstić information content (AvgIpc) is 3.04. The number of aryl methyl sites for hydroxylation is 2. The molecule has 0 saturated carbocycles. The normalized spacial score (nSPS) is 13.6. The highest BCUT2D eigenvalue weighted by atomic mass is 32.1. The molecule has 4 rings (SSSR count). The summed E-state index contributed by atoms with van der Waals surface area (Å²) in [5, 5.41) is 0.764. The fourth-order valence-electron chi connectivity index (χ4n) is 3.77. The lowest BCUT2D eigenvalue weighted by atomic mass is 9.97. The van der Waals surface area contributed by atoms with E-state index in [2.05, 4.69) is 6.58 Å². The first-order valence-corrected chi connectivity index (χ1v) is 10.0. The summed E-state index contributed by atoms with van der Waals surface area (Å²) in [7, 11) is 1.84. The molecule has 0 aliphatic heterocycles. The number of hydrogen-bond acceptors (Lipinski definition) is 4. The lowest BCUT2D eigenvalue weighted by Crippen LogP contribution is -2.30. The number of halogens is 1. The van der Waals surface area contributed by atoms with Crippen molar-refractivity contribution in [2.75, 3.05) is 11.9 Å². The number of benzene rings is 1. The number of aromatic nitrogens is 2. The van der Waals surface area contributed by atoms with Crippen molar-refractivity contribution in [3.05, 3.63) is 69.1 Å². The van der Waals surface area contributed by atoms with Crippen LogP contribution in [0.4, 0.5) is 10.3 Å². The molecule has 27 heavy (non-hydrogen) atoms. The van der Waals surface area contributed by atoms with Gasteiger partial charge in [0, 0.05) is 30.6 Å². The van der Waals surface area contributed by atoms with Crippen LogP contribution in [0.15, 0.2) is 41.7 Å². The predicted molar refractivity (Wildman–Crippen MR) is 109 cm³/mol. The fraction of sp³-hybridized carbons (Fsp3) is 0.333. The van der Waals surface area contributed by atoms with E-state index >= 15 is 0 Å². The van der Waals surface area contributed by atoms with Crippen molar-refractivity contribution in [2.24, 2.45) is 0 Å². The quantitative estimate of drug-likeness (QED) is 0.617. The molecule has 2 heterocycles. The molecule has 0 radical (unpaired) electrons. The standard InChI is InChI=1S/C21H22FN3OS/c1-3-12-25-20(26)18-15-9-5-7-11-17(15)27-19(18)23-21(25)24(2)13-14-8-4-6-10-16(14)22/h3-4,6,8,10H,1,5,7,9,11-13H2,2H3. The molecule has 0 N–H and O–H groups in total. The van der Waals surface area contributed by atoms with Gasteiger partial charge in [-0.05, 0) is 37.3 Å². The zero-order valence-corrected chi connectivity index (χ0v) is 16.2. The summed E-state index contributed by atoms with van der Waals surface area (Å²) in [6.07, 6.45) is 5.96. The zero-order valence-electron chi connectivity index (χ0n) is 15.4. The lowest BCUT2D eigenvalue weighted by molar-refractivity contribution is 0.604. The number of rotatable bonds is 5. The molecule has 2 aromatic heterocycles. The van der Waals surface area contributed by atoms with Gasteiger partial charge in [-0.25, -0.2) is 9.37 Å². The molecule has 0 bridgehead atoms. The van der Waals surface area contributed by atoms with Crippen molar-refractivity contribution >= 4 is 27.5 Å². The zero-order chi connectivity index (χ0) is 19.0. The summed E-state index contributed by atoms with van der Waals surface area (Å²) in [5.41, 5.74) is 1.74. The van der Waals surface area contributed by atoms with Crippen molar-refractivity contribution in [3.8, 4) is 0 Å². The monoisotopic (exact) mass is 383 g/mol. The molecule has 3 aromatic rings. The lowest BCUT2D eigenvalue weighted by Gasteiger charge is -2.22. The summed E-state index contributed by atoms with van der Waals surface area (Å²) in [6, 6.07) is 6.69. The second kappa shape index (κ2) is 7.27. The Kier molecular flexibility index (Phi) is 4.83. The Labute approximate surface area is 161 Å². The number of anilines is 1. The number of fused-ring (bicyclic) bond motifs is 3. The van der Waals surface area contributed by atoms with E-state index in [9.17, 15) is 9.18 Å². The first-order chi connectivity index (χ1) is 13.1. The third-order valence-corrected chi connectivity index (χ3v) is 6.26. The number of nitrogens with zero attached hydrogens (tertiary/aromatic N) is 3. The Balaban J connectivity index is 1.84. The Morgan fingerprint density at radius 2 is 2.11 bits per heavy atom. The van der Waals surface area contributed by atoms with Crippen LogP contribution in [0.25, 0.3) is 10.2 Å². The smallest absolute Gasteiger partial charge is 0.264 e. The highest BCUT2D eigenvalue weighted by molar-refractivity contribution is 7.18. The van der Waals surface area contributed by atoms with Crippen LogP contribution in [0.1, 0.15) is 28.8 Å². The summed E-state index contributed by atoms with van der Waals surface area (Å²) >= 11 is 1.63. The van der Waals surface area contributed by atoms with Crippen molar-refractivity contribution < 1.29 is 4.39 Å². The molecule has 0 amide bonds. The Bertz CT molecular complexity index is 1070. The van der Waals surface area contributed by atoms with Gasteiger partial charge in [-0.3, -0.25) is 9.36 Å². The van der Waals surface area contributed by atoms with E-state index in [0.717, 1.165) is 29.5 Å². The first kappa shape index (κ1) is 17.9. The number of hydrogen-bond donors (Lipinski definition) is 0. The molecule has 140 valence electrons. The summed E-state index contributed by atoms with van der Waals surface area (Å²) < 4.78 is 15.7. The van der Waals surface area contributed by atoms with Gasteiger partial charge in [0.05, 0.1) is 5.39 Å². The van der Waals surface area contributed by atoms with Crippen molar-refractivity contribution in [1.29, 1.82) is 0 Å². The topological polar surface area (TPSA) is 38.1 Å². The second-order valence-corrected chi connectivity index (χ2v) is 8.04. The maximum atomic E-state index is 14.1. The van der Waals surface area contributed by atoms with Crippen LogP contribution in [-0.2, 0) is 25.9 Å². The SMILES string of the molecule is C=CCn1c(N(C)Cc2ccccc2F)nc2sc3c(c2c1=O)CCCC3. The van der Waals surface area contributed by atoms with E-state index in [4.69, 9.17) is 4.98 Å². The van der Waals surface area contributed by atoms with Crippen LogP contribution in [0.3, 0.4) is 0 Å². The van der Waals surface area contributed by atoms with E-state index in [1.54, 1.807) is 34.1 Å². The van der Waals surface area contributed by atoms with E-state index < -0.39 is 0 Å². The second-order valence-electron chi connectivity index (χ2n) is 6.95. The Morgan fingerprint density at radius 1 is 1.33 bits per heavy atom. The molecule has 0 fully saturated rings. The van der Waals surface area contributed by atoms with Crippen LogP contribution < -0.4 is 10.5 Å². The maximum absolute atomic E-state index is 14.1. The van der Waals surface area contributed by atoms with Gasteiger partial charge < -0.3 is 4.90 Å². The predicted octanol–water partition coefficient (Wildman–Crippen LogP) is 4.30. The molecule has 0 saturated heterocycles. The molecule has 1 aromatic carbocycles. The van der Waals surface area contributed by atoms with E-state index in [0.29, 0.717) is 24.6 Å². The summed E-state index contributed by atoms with van der Waals surface area (Å²) in [5.74, 6) is 0.295. The van der Waals surface area contributed by atoms with Crippen LogP contribution in [0, 0.1) is 5.82 Å². The molecule has 0 spiro atoms. The fourth-order valence-corrected chi connectivity index (χ4v) is 5.01. The van der Waals surface area contributed by atoms with Gasteiger partial charge in [0.2, 0.25) is 5.95 Å². The van der Waals surface area contributed by atoms with Crippen LogP contribution in [0.5, 0.6) is 0 Å². The van der Waals surface area contributed by atoms with Crippen molar-refractivity contribution in [1.82, 2.24) is 9.55 Å². The highest BCUT2D eigenvalue weighted by Crippen LogP contribution is 2.34. The van der Waals surface area contributed by atoms with Crippen LogP contribution in [0.2, 0.25) is 0 Å². The van der Waals surface area contributed by atoms with Gasteiger partial charge in [-0.1, -0.05) is 24.3 Å². The van der Waals surface area contributed by atoms with Gasteiger partial charge in [0.15, 0.2) is 0 Å². The van der Waals surface area contributed by atoms with E-state index in [1.165, 1.54) is 22.9 Å². The maximum Gasteiger partial charge on any atom is 0.264 e. The third kappa shape index (κ3) is 3.18. The largest absolute Gasteiger partial charge is 0.341 e. The summed E-state index contributed by atoms with van der Waals surface area (Å²) in [6.45, 7) is 4.51. The highest BCUT2D eigenvalue weighted by Gasteiger charge is 2.23. The number of allylic oxidation sites excluding steroid dienone is 1. The molecular formula is C21H22FN3OS. The molecule has 0 unspecified atom stereocenters. The van der Waals surface area contributed by atoms with Crippen LogP contribution >= 0.6 is 11.3 Å². The molecule has 1 aliphatic carbocycles. The molecule has 0 atom stereocenters. The van der Waals surface area contributed by atoms with Gasteiger partial charge in [0.1, 0.15) is 10.6 Å². The van der Waals surface area contributed by atoms with Gasteiger partial charge in [-0.15, -0.1) is 17.9 Å². The Hall–Kier alpha value is -2.47. The molecule has 6 heteroatoms. The first-order valence-electron chi connectivity index (χ1n) is 9.20. The summed E-state index contributed by atoms with van der Waals surface area (Å²) in [4.78, 5) is 22.0. The van der Waals surface area contributed by atoms with E-state index in [-0.39, 0.29) is 11.4 Å². The van der Waals surface area contributed by atoms with Gasteiger partial charge >= 0.3 is 0 Å². The van der Waals surface area contributed by atoms with Crippen molar-refractivity contribution in [3.63, 3.8) is 0 Å². The van der Waals surface area contributed by atoms with E-state index in [1.807, 2.05) is 18.0 Å². The molecule has 4 nitrogen and oxygen atoms in total. The minimum absolute atomic E-state index is 0.0188. The van der Waals surface area contributed by atoms with Crippen LogP contribution in [-0.4, -0.2) is 16.6 Å². The molecular weight excluding hydrogens is 361 g/mol. The average molecular weight is 383 g/mol. The van der Waals surface area contributed by atoms with Gasteiger partial charge in [0.25, 0.3) is 5.56 Å². The molecule has 1 aliphatic rings. The third-order valence-electron chi connectivity index (χ3n) is 5.07.